The molecule has 3 heterocycles. The summed E-state index contributed by atoms with van der Waals surface area (Å²) in [6.07, 6.45) is 3.88. The van der Waals surface area contributed by atoms with E-state index in [0.717, 1.165) is 33.5 Å². The molecule has 7 heteroatoms. The first-order valence-electron chi connectivity index (χ1n) is 10.0. The van der Waals surface area contributed by atoms with E-state index in [0.29, 0.717) is 15.8 Å². The summed E-state index contributed by atoms with van der Waals surface area (Å²) in [6, 6.07) is 20.4. The minimum atomic E-state index is -0.0482. The van der Waals surface area contributed by atoms with Crippen LogP contribution in [-0.4, -0.2) is 36.0 Å². The summed E-state index contributed by atoms with van der Waals surface area (Å²) in [5.41, 5.74) is 4.79. The number of rotatable bonds is 4. The highest BCUT2D eigenvalue weighted by Gasteiger charge is 2.31. The molecular weight excluding hydrogens is 424 g/mol. The van der Waals surface area contributed by atoms with E-state index >= 15 is 0 Å². The molecule has 0 spiro atoms. The Balaban J connectivity index is 1.69. The number of thiocarbonyl (C=S) groups is 1. The predicted octanol–water partition coefficient (Wildman–Crippen LogP) is 5.25. The second kappa shape index (κ2) is 7.83. The molecule has 5 nitrogen and oxygen atoms in total. The van der Waals surface area contributed by atoms with Crippen molar-refractivity contribution in [3.05, 3.63) is 77.3 Å². The summed E-state index contributed by atoms with van der Waals surface area (Å²) in [5.74, 6) is -0.0482. The van der Waals surface area contributed by atoms with Crippen molar-refractivity contribution in [1.29, 1.82) is 0 Å². The van der Waals surface area contributed by atoms with Crippen LogP contribution >= 0.6 is 24.0 Å². The largest absolute Gasteiger partial charge is 0.342 e. The number of para-hydroxylation sites is 2. The van der Waals surface area contributed by atoms with Crippen LogP contribution in [0.3, 0.4) is 0 Å². The normalized spacial score (nSPS) is 15.5. The number of carbonyl (C=O) groups excluding carboxylic acids is 1. The number of nitrogens with zero attached hydrogens (tertiary/aromatic N) is 4. The molecule has 0 unspecified atom stereocenters. The Morgan fingerprint density at radius 1 is 1.10 bits per heavy atom. The average molecular weight is 445 g/mol. The standard InChI is InChI=1S/C24H20N4OS2/c1-3-27-23(29)21(31-24(27)30)14-17-15-28(18-10-5-4-6-11-18)25-22(17)20-13-16-9-7-8-12-19(16)26(20)2/h4-15H,3H2,1-2H3. The van der Waals surface area contributed by atoms with Gasteiger partial charge in [-0.05, 0) is 37.3 Å². The SMILES string of the molecule is CCN1C(=O)C(=Cc2cn(-c3ccccc3)nc2-c2cc3ccccc3n2C)SC1=S. The molecule has 2 aromatic carbocycles. The van der Waals surface area contributed by atoms with Gasteiger partial charge in [-0.1, -0.05) is 60.4 Å². The van der Waals surface area contributed by atoms with Gasteiger partial charge in [0, 0.05) is 36.3 Å². The number of aryl methyl sites for hydroxylation is 1. The number of thioether (sulfide) groups is 1. The zero-order valence-electron chi connectivity index (χ0n) is 17.1. The average Bonchev–Trinajstić information content (AvgIpc) is 3.43. The summed E-state index contributed by atoms with van der Waals surface area (Å²) in [6.45, 7) is 2.50. The molecule has 1 aliphatic heterocycles. The Morgan fingerprint density at radius 3 is 2.55 bits per heavy atom. The van der Waals surface area contributed by atoms with Crippen molar-refractivity contribution in [1.82, 2.24) is 19.2 Å². The molecule has 0 saturated carbocycles. The maximum absolute atomic E-state index is 12.8. The van der Waals surface area contributed by atoms with Crippen LogP contribution in [0.2, 0.25) is 0 Å². The third-order valence-electron chi connectivity index (χ3n) is 5.43. The molecule has 4 aromatic rings. The Morgan fingerprint density at radius 2 is 1.84 bits per heavy atom. The molecule has 0 radical (unpaired) electrons. The van der Waals surface area contributed by atoms with Crippen LogP contribution in [0.5, 0.6) is 0 Å². The number of hydrogen-bond donors (Lipinski definition) is 0. The van der Waals surface area contributed by atoms with Gasteiger partial charge in [-0.2, -0.15) is 5.10 Å². The van der Waals surface area contributed by atoms with Crippen molar-refractivity contribution in [2.45, 2.75) is 6.92 Å². The second-order valence-corrected chi connectivity index (χ2v) is 8.96. The second-order valence-electron chi connectivity index (χ2n) is 7.29. The highest BCUT2D eigenvalue weighted by atomic mass is 32.2. The fraction of sp³-hybridized carbons (Fsp3) is 0.125. The lowest BCUT2D eigenvalue weighted by molar-refractivity contribution is -0.121. The van der Waals surface area contributed by atoms with Gasteiger partial charge in [0.2, 0.25) is 0 Å². The van der Waals surface area contributed by atoms with Gasteiger partial charge in [-0.3, -0.25) is 9.69 Å². The lowest BCUT2D eigenvalue weighted by atomic mass is 10.1. The van der Waals surface area contributed by atoms with E-state index in [9.17, 15) is 4.79 Å². The predicted molar refractivity (Wildman–Crippen MR) is 131 cm³/mol. The number of benzene rings is 2. The van der Waals surface area contributed by atoms with Gasteiger partial charge in [-0.25, -0.2) is 4.68 Å². The number of aromatic nitrogens is 3. The molecule has 0 N–H and O–H groups in total. The van der Waals surface area contributed by atoms with Gasteiger partial charge < -0.3 is 4.57 Å². The minimum absolute atomic E-state index is 0.0482. The number of amides is 1. The van der Waals surface area contributed by atoms with Crippen LogP contribution in [0, 0.1) is 0 Å². The van der Waals surface area contributed by atoms with E-state index < -0.39 is 0 Å². The molecule has 2 aromatic heterocycles. The smallest absolute Gasteiger partial charge is 0.266 e. The lowest BCUT2D eigenvalue weighted by Gasteiger charge is -2.09. The topological polar surface area (TPSA) is 43.1 Å². The monoisotopic (exact) mass is 444 g/mol. The maximum Gasteiger partial charge on any atom is 0.266 e. The Hall–Kier alpha value is -3.16. The van der Waals surface area contributed by atoms with Crippen LogP contribution in [0.15, 0.2) is 71.8 Å². The fourth-order valence-electron chi connectivity index (χ4n) is 3.83. The van der Waals surface area contributed by atoms with E-state index in [2.05, 4.69) is 22.8 Å². The van der Waals surface area contributed by atoms with Gasteiger partial charge in [0.05, 0.1) is 16.3 Å². The molecule has 1 saturated heterocycles. The first kappa shape index (κ1) is 19.8. The third-order valence-corrected chi connectivity index (χ3v) is 6.81. The van der Waals surface area contributed by atoms with Gasteiger partial charge in [0.1, 0.15) is 10.0 Å². The van der Waals surface area contributed by atoms with Crippen molar-refractivity contribution in [3.63, 3.8) is 0 Å². The van der Waals surface area contributed by atoms with E-state index in [1.807, 2.05) is 73.4 Å². The van der Waals surface area contributed by atoms with Gasteiger partial charge in [0.15, 0.2) is 0 Å². The number of hydrogen-bond acceptors (Lipinski definition) is 4. The highest BCUT2D eigenvalue weighted by Crippen LogP contribution is 2.35. The van der Waals surface area contributed by atoms with E-state index in [-0.39, 0.29) is 5.91 Å². The lowest BCUT2D eigenvalue weighted by Crippen LogP contribution is -2.27. The molecule has 1 aliphatic rings. The summed E-state index contributed by atoms with van der Waals surface area (Å²) < 4.78 is 4.60. The van der Waals surface area contributed by atoms with Crippen LogP contribution < -0.4 is 0 Å². The minimum Gasteiger partial charge on any atom is -0.342 e. The Kier molecular flexibility index (Phi) is 5.00. The van der Waals surface area contributed by atoms with Gasteiger partial charge >= 0.3 is 0 Å². The van der Waals surface area contributed by atoms with E-state index in [1.165, 1.54) is 11.8 Å². The van der Waals surface area contributed by atoms with Crippen molar-refractivity contribution in [2.75, 3.05) is 6.54 Å². The van der Waals surface area contributed by atoms with Crippen molar-refractivity contribution in [3.8, 4) is 17.1 Å². The first-order chi connectivity index (χ1) is 15.1. The van der Waals surface area contributed by atoms with Crippen LogP contribution in [0.25, 0.3) is 34.1 Å². The molecule has 154 valence electrons. The summed E-state index contributed by atoms with van der Waals surface area (Å²) in [7, 11) is 2.04. The zero-order valence-corrected chi connectivity index (χ0v) is 18.8. The molecule has 0 bridgehead atoms. The van der Waals surface area contributed by atoms with Crippen molar-refractivity contribution in [2.24, 2.45) is 7.05 Å². The molecule has 0 aliphatic carbocycles. The molecule has 1 amide bonds. The number of likely N-dealkylation sites (N-methyl/N-ethyl adjacent to an activating group) is 1. The van der Waals surface area contributed by atoms with E-state index in [4.69, 9.17) is 17.3 Å². The van der Waals surface area contributed by atoms with Crippen molar-refractivity contribution < 1.29 is 4.79 Å². The number of fused-ring (bicyclic) bond motifs is 1. The molecule has 1 fully saturated rings. The summed E-state index contributed by atoms with van der Waals surface area (Å²) in [5, 5.41) is 6.07. The maximum atomic E-state index is 12.8. The fourth-order valence-corrected chi connectivity index (χ4v) is 5.21. The van der Waals surface area contributed by atoms with Crippen LogP contribution in [0.1, 0.15) is 12.5 Å². The molecule has 0 atom stereocenters. The first-order valence-corrected chi connectivity index (χ1v) is 11.2. The highest BCUT2D eigenvalue weighted by molar-refractivity contribution is 8.26. The van der Waals surface area contributed by atoms with Gasteiger partial charge in [0.25, 0.3) is 5.91 Å². The number of carbonyl (C=O) groups is 1. The Labute approximate surface area is 190 Å². The molecule has 31 heavy (non-hydrogen) atoms. The van der Waals surface area contributed by atoms with E-state index in [1.54, 1.807) is 4.90 Å². The molecule has 5 rings (SSSR count). The molecular formula is C24H20N4OS2. The zero-order chi connectivity index (χ0) is 21.5. The van der Waals surface area contributed by atoms with Crippen molar-refractivity contribution >= 4 is 51.2 Å². The van der Waals surface area contributed by atoms with Crippen LogP contribution in [-0.2, 0) is 11.8 Å². The van der Waals surface area contributed by atoms with Gasteiger partial charge in [-0.15, -0.1) is 0 Å². The van der Waals surface area contributed by atoms with Crippen LogP contribution in [0.4, 0.5) is 0 Å². The third kappa shape index (κ3) is 3.40. The summed E-state index contributed by atoms with van der Waals surface area (Å²) >= 11 is 6.73. The summed E-state index contributed by atoms with van der Waals surface area (Å²) in [4.78, 5) is 15.1. The Bertz CT molecular complexity index is 1350. The quantitative estimate of drug-likeness (QED) is 0.318.